The van der Waals surface area contributed by atoms with Crippen LogP contribution in [0.4, 0.5) is 40.1 Å². The topological polar surface area (TPSA) is 266 Å². The molecule has 2 fully saturated rings. The number of nitrogens with one attached hydrogen (secondary N) is 3. The van der Waals surface area contributed by atoms with E-state index < -0.39 is 19.7 Å². The molecule has 22 nitrogen and oxygen atoms in total. The van der Waals surface area contributed by atoms with Crippen LogP contribution in [0.2, 0.25) is 5.28 Å². The first kappa shape index (κ1) is 67.8. The first-order chi connectivity index (χ1) is 38.6. The van der Waals surface area contributed by atoms with Gasteiger partial charge in [-0.25, -0.2) is 26.8 Å². The molecular formula is C57H75ClN12O10S3. The van der Waals surface area contributed by atoms with E-state index in [0.717, 1.165) is 61.8 Å². The molecule has 6 aromatic rings. The first-order valence-electron chi connectivity index (χ1n) is 25.5. The Hall–Kier alpha value is -7.68. The summed E-state index contributed by atoms with van der Waals surface area (Å²) in [5, 5.41) is 8.56. The van der Waals surface area contributed by atoms with E-state index in [1.54, 1.807) is 48.5 Å². The summed E-state index contributed by atoms with van der Waals surface area (Å²) in [6.07, 6.45) is 9.91. The van der Waals surface area contributed by atoms with Gasteiger partial charge in [-0.3, -0.25) is 9.59 Å². The molecule has 0 spiro atoms. The summed E-state index contributed by atoms with van der Waals surface area (Å²) in [5.74, 6) is 2.13. The number of ether oxygens (including phenoxy) is 4. The van der Waals surface area contributed by atoms with Gasteiger partial charge < -0.3 is 60.2 Å². The second-order valence-electron chi connectivity index (χ2n) is 19.0. The number of likely N-dealkylation sites (tertiary alicyclic amines) is 2. The summed E-state index contributed by atoms with van der Waals surface area (Å²) in [4.78, 5) is 48.3. The molecule has 8 rings (SSSR count). The zero-order valence-electron chi connectivity index (χ0n) is 46.6. The number of likely N-dealkylation sites (N-methyl/N-ethyl adjacent to an activating group) is 2. The Labute approximate surface area is 499 Å². The highest BCUT2D eigenvalue weighted by Crippen LogP contribution is 2.33. The Morgan fingerprint density at radius 3 is 1.55 bits per heavy atom. The molecule has 4 heterocycles. The van der Waals surface area contributed by atoms with Crippen molar-refractivity contribution >= 4 is 96.7 Å². The maximum absolute atomic E-state index is 11.6. The molecule has 0 bridgehead atoms. The lowest BCUT2D eigenvalue weighted by atomic mass is 10.2. The molecule has 2 amide bonds. The van der Waals surface area contributed by atoms with E-state index in [1.165, 1.54) is 51.3 Å². The lowest BCUT2D eigenvalue weighted by Gasteiger charge is -2.27. The number of carbonyl (C=O) groups excluding carboxylic acids is 2. The molecule has 448 valence electrons. The number of sulfone groups is 2. The molecule has 5 N–H and O–H groups in total. The third kappa shape index (κ3) is 22.2. The van der Waals surface area contributed by atoms with Crippen molar-refractivity contribution in [1.29, 1.82) is 0 Å². The molecule has 0 aliphatic carbocycles. The Balaban J connectivity index is 0.000000290. The van der Waals surface area contributed by atoms with E-state index in [-0.39, 0.29) is 61.3 Å². The van der Waals surface area contributed by atoms with Crippen LogP contribution < -0.4 is 50.4 Å². The Kier molecular flexibility index (Phi) is 26.3. The number of nitrogens with zero attached hydrogens (tertiary/aromatic N) is 8. The second-order valence-corrected chi connectivity index (χ2v) is 23.8. The number of hydrogen-bond donors (Lipinski definition) is 4. The molecule has 2 aliphatic rings. The van der Waals surface area contributed by atoms with Crippen LogP contribution in [-0.4, -0.2) is 162 Å². The SMILES string of the molecule is C.C=CC(=O)Nc1cccc(Oc2nc(Cl)ncc2OC)c1.C=CC(=O)Nc1cccc(Oc2nc(Nc3ccc(N(C)[C@H]4CCN(CCS(C)(=O)=O)C4)cc3)ncc2OC)c1.CN(c1ccc(N)cc1)[C@H]1CCN(CCS(C)(=O)=O)C1.S. The Bertz CT molecular complexity index is 3330. The van der Waals surface area contributed by atoms with Crippen LogP contribution >= 0.6 is 25.1 Å². The van der Waals surface area contributed by atoms with Crippen LogP contribution in [0.5, 0.6) is 34.8 Å². The number of rotatable bonds is 22. The molecule has 4 aromatic carbocycles. The number of methoxy groups -OCH3 is 2. The van der Waals surface area contributed by atoms with Crippen molar-refractivity contribution in [3.63, 3.8) is 0 Å². The molecule has 0 unspecified atom stereocenters. The molecule has 0 saturated carbocycles. The average Bonchev–Trinajstić information content (AvgIpc) is 4.18. The van der Waals surface area contributed by atoms with E-state index in [2.05, 4.69) is 82.7 Å². The molecule has 2 atom stereocenters. The number of anilines is 7. The van der Waals surface area contributed by atoms with Gasteiger partial charge in [-0.05, 0) is 109 Å². The summed E-state index contributed by atoms with van der Waals surface area (Å²) in [7, 11) is 1.27. The zero-order chi connectivity index (χ0) is 58.7. The highest BCUT2D eigenvalue weighted by molar-refractivity contribution is 7.90. The third-order valence-electron chi connectivity index (χ3n) is 12.8. The van der Waals surface area contributed by atoms with Crippen molar-refractivity contribution < 1.29 is 45.4 Å². The minimum absolute atomic E-state index is 0. The summed E-state index contributed by atoms with van der Waals surface area (Å²) in [5.41, 5.74) is 10.6. The zero-order valence-corrected chi connectivity index (χ0v) is 50.0. The van der Waals surface area contributed by atoms with Crippen molar-refractivity contribution in [2.24, 2.45) is 0 Å². The van der Waals surface area contributed by atoms with Gasteiger partial charge in [0.1, 0.15) is 31.2 Å². The minimum atomic E-state index is -2.97. The molecule has 0 radical (unpaired) electrons. The number of nitrogens with two attached hydrogens (primary N) is 1. The summed E-state index contributed by atoms with van der Waals surface area (Å²) in [6, 6.07) is 30.2. The van der Waals surface area contributed by atoms with E-state index in [4.69, 9.17) is 36.3 Å². The summed E-state index contributed by atoms with van der Waals surface area (Å²) in [6.45, 7) is 11.6. The fraction of sp³-hybridized carbons (Fsp3) is 0.333. The van der Waals surface area contributed by atoms with Gasteiger partial charge in [0.2, 0.25) is 23.0 Å². The third-order valence-corrected chi connectivity index (χ3v) is 14.9. The monoisotopic (exact) mass is 1220 g/mol. The van der Waals surface area contributed by atoms with Crippen molar-refractivity contribution in [2.45, 2.75) is 32.4 Å². The fourth-order valence-corrected chi connectivity index (χ4v) is 9.66. The highest BCUT2D eigenvalue weighted by Gasteiger charge is 2.28. The number of amides is 2. The summed E-state index contributed by atoms with van der Waals surface area (Å²) < 4.78 is 67.4. The van der Waals surface area contributed by atoms with Gasteiger partial charge in [0, 0.05) is 124 Å². The number of halogens is 1. The van der Waals surface area contributed by atoms with Crippen molar-refractivity contribution in [3.8, 4) is 34.8 Å². The number of benzene rings is 4. The van der Waals surface area contributed by atoms with Crippen LogP contribution in [0.15, 0.2) is 135 Å². The predicted octanol–water partition coefficient (Wildman–Crippen LogP) is 8.33. The van der Waals surface area contributed by atoms with Crippen LogP contribution in [0.1, 0.15) is 20.3 Å². The predicted molar refractivity (Wildman–Crippen MR) is 336 cm³/mol. The van der Waals surface area contributed by atoms with Crippen LogP contribution in [0.3, 0.4) is 0 Å². The average molecular weight is 1220 g/mol. The van der Waals surface area contributed by atoms with Crippen molar-refractivity contribution in [3.05, 3.63) is 140 Å². The summed E-state index contributed by atoms with van der Waals surface area (Å²) >= 11 is 5.73. The Morgan fingerprint density at radius 1 is 0.687 bits per heavy atom. The van der Waals surface area contributed by atoms with Crippen molar-refractivity contribution in [2.75, 3.05) is 123 Å². The quantitative estimate of drug-likeness (QED) is 0.0283. The smallest absolute Gasteiger partial charge is 0.267 e. The minimum Gasteiger partial charge on any atom is -0.490 e. The molecule has 2 aromatic heterocycles. The standard InChI is InChI=1S/C28H34N6O5S.C14H12ClN3O3.C14H23N3O2S.CH4.H2S/c1-5-26(35)30-21-7-6-8-24(17-21)39-27-25(38-3)18-29-28(32-27)31-20-9-11-22(12-10-20)33(2)23-13-14-34(19-23)15-16-40(4,36)37;1-3-12(19)17-9-5-4-6-10(7-9)21-13-11(20-2)8-16-14(15)18-13;1-16(13-5-3-12(15)4-6-13)14-7-8-17(11-14)9-10-20(2,18)19;;/h5-12,17-18,23H,1,13-16,19H2,2-4H3,(H,30,35)(H,29,31,32);3-8H,1H2,2H3,(H,17,19);3-6,14H,7-11,15H2,1-2H3;1H4;1H2/t23-;;14-;;/m0.0../s1. The van der Waals surface area contributed by atoms with E-state index in [0.29, 0.717) is 65.5 Å². The van der Waals surface area contributed by atoms with E-state index in [1.807, 2.05) is 48.5 Å². The van der Waals surface area contributed by atoms with Crippen LogP contribution in [0.25, 0.3) is 0 Å². The van der Waals surface area contributed by atoms with Crippen LogP contribution in [0, 0.1) is 0 Å². The number of aromatic nitrogens is 4. The van der Waals surface area contributed by atoms with Crippen molar-refractivity contribution in [1.82, 2.24) is 29.7 Å². The first-order valence-corrected chi connectivity index (χ1v) is 30.0. The molecular weight excluding hydrogens is 1140 g/mol. The fourth-order valence-electron chi connectivity index (χ4n) is 8.35. The largest absolute Gasteiger partial charge is 0.490 e. The highest BCUT2D eigenvalue weighted by atomic mass is 35.5. The lowest BCUT2D eigenvalue weighted by molar-refractivity contribution is -0.112. The molecule has 83 heavy (non-hydrogen) atoms. The van der Waals surface area contributed by atoms with Gasteiger partial charge in [0.25, 0.3) is 11.8 Å². The second kappa shape index (κ2) is 32.2. The Morgan fingerprint density at radius 2 is 1.12 bits per heavy atom. The molecule has 26 heteroatoms. The lowest BCUT2D eigenvalue weighted by Crippen LogP contribution is -2.35. The van der Waals surface area contributed by atoms with Gasteiger partial charge in [0.05, 0.1) is 38.1 Å². The molecule has 2 aliphatic heterocycles. The number of nitrogen functional groups attached to an aromatic ring is 1. The van der Waals surface area contributed by atoms with Gasteiger partial charge in [0.15, 0.2) is 11.5 Å². The van der Waals surface area contributed by atoms with Gasteiger partial charge in [-0.1, -0.05) is 32.7 Å². The van der Waals surface area contributed by atoms with E-state index in [9.17, 15) is 26.4 Å². The maximum Gasteiger partial charge on any atom is 0.267 e. The number of carbonyl (C=O) groups is 2. The van der Waals surface area contributed by atoms with Crippen LogP contribution in [-0.2, 0) is 29.3 Å². The normalized spacial score (nSPS) is 14.7. The number of hydrogen-bond acceptors (Lipinski definition) is 20. The molecule has 2 saturated heterocycles. The van der Waals surface area contributed by atoms with E-state index >= 15 is 0 Å². The van der Waals surface area contributed by atoms with Gasteiger partial charge in [-0.15, -0.1) is 0 Å². The maximum atomic E-state index is 11.6. The van der Waals surface area contributed by atoms with Gasteiger partial charge in [-0.2, -0.15) is 23.5 Å². The van der Waals surface area contributed by atoms with Gasteiger partial charge >= 0.3 is 0 Å².